The minimum Gasteiger partial charge on any atom is -0.394 e. The quantitative estimate of drug-likeness (QED) is 0.570. The molecule has 0 aliphatic carbocycles. The number of aliphatic hydroxyl groups excluding tert-OH is 1. The summed E-state index contributed by atoms with van der Waals surface area (Å²) in [5.74, 6) is -1.34. The summed E-state index contributed by atoms with van der Waals surface area (Å²) in [6, 6.07) is -1.15. The fourth-order valence-corrected chi connectivity index (χ4v) is 8.14. The molecule has 0 bridgehead atoms. The Morgan fingerprint density at radius 2 is 1.82 bits per heavy atom. The van der Waals surface area contributed by atoms with Crippen molar-refractivity contribution in [3.63, 3.8) is 0 Å². The lowest BCUT2D eigenvalue weighted by atomic mass is 9.78. The van der Waals surface area contributed by atoms with E-state index in [0.717, 1.165) is 19.3 Å². The molecule has 2 fully saturated rings. The molecule has 1 N–H and O–H groups in total. The van der Waals surface area contributed by atoms with Gasteiger partial charge >= 0.3 is 0 Å². The second-order valence-electron chi connectivity index (χ2n) is 9.86. The Kier molecular flexibility index (Phi) is 6.97. The highest BCUT2D eigenvalue weighted by molar-refractivity contribution is 8.02. The number of hydrogen-bond acceptors (Lipinski definition) is 5. The number of rotatable bonds is 7. The van der Waals surface area contributed by atoms with E-state index in [1.54, 1.807) is 23.6 Å². The molecule has 3 amide bonds. The number of nitrogens with zero attached hydrogens (tertiary/aromatic N) is 3. The summed E-state index contributed by atoms with van der Waals surface area (Å²) in [5, 5.41) is 9.85. The van der Waals surface area contributed by atoms with Gasteiger partial charge in [0.15, 0.2) is 0 Å². The van der Waals surface area contributed by atoms with Gasteiger partial charge in [-0.25, -0.2) is 0 Å². The molecule has 0 aromatic rings. The molecule has 182 valence electrons. The largest absolute Gasteiger partial charge is 0.394 e. The molecule has 4 aliphatic heterocycles. The second-order valence-corrected chi connectivity index (χ2v) is 11.3. The van der Waals surface area contributed by atoms with Gasteiger partial charge in [0.05, 0.1) is 29.2 Å². The lowest BCUT2D eigenvalue weighted by molar-refractivity contribution is -0.147. The highest BCUT2D eigenvalue weighted by atomic mass is 32.2. The molecule has 0 radical (unpaired) electrons. The summed E-state index contributed by atoms with van der Waals surface area (Å²) in [4.78, 5) is 47.1. The van der Waals surface area contributed by atoms with Crippen LogP contribution in [0.1, 0.15) is 47.0 Å². The van der Waals surface area contributed by atoms with E-state index in [4.69, 9.17) is 0 Å². The van der Waals surface area contributed by atoms with Crippen molar-refractivity contribution in [1.82, 2.24) is 14.7 Å². The first kappa shape index (κ1) is 24.3. The molecular weight excluding hydrogens is 438 g/mol. The van der Waals surface area contributed by atoms with Crippen LogP contribution in [0.4, 0.5) is 0 Å². The Hall–Kier alpha value is -1.80. The maximum Gasteiger partial charge on any atom is 0.247 e. The molecule has 0 aromatic heterocycles. The van der Waals surface area contributed by atoms with E-state index in [-0.39, 0.29) is 35.6 Å². The summed E-state index contributed by atoms with van der Waals surface area (Å²) in [5.41, 5.74) is 0. The van der Waals surface area contributed by atoms with Crippen LogP contribution in [-0.4, -0.2) is 91.9 Å². The Morgan fingerprint density at radius 3 is 2.48 bits per heavy atom. The van der Waals surface area contributed by atoms with Gasteiger partial charge in [0.2, 0.25) is 17.7 Å². The maximum absolute atomic E-state index is 14.1. The van der Waals surface area contributed by atoms with Crippen LogP contribution in [0.3, 0.4) is 0 Å². The molecule has 8 heteroatoms. The second kappa shape index (κ2) is 9.45. The van der Waals surface area contributed by atoms with E-state index in [9.17, 15) is 19.5 Å². The van der Waals surface area contributed by atoms with E-state index >= 15 is 0 Å². The molecule has 2 saturated heterocycles. The molecule has 0 aromatic carbocycles. The summed E-state index contributed by atoms with van der Waals surface area (Å²) in [6.07, 6.45) is 10.9. The number of aliphatic hydroxyl groups is 1. The summed E-state index contributed by atoms with van der Waals surface area (Å²) in [7, 11) is 0. The van der Waals surface area contributed by atoms with E-state index < -0.39 is 28.7 Å². The van der Waals surface area contributed by atoms with E-state index in [0.29, 0.717) is 19.6 Å². The average molecular weight is 476 g/mol. The van der Waals surface area contributed by atoms with E-state index in [1.165, 1.54) is 0 Å². The number of carbonyl (C=O) groups excluding carboxylic acids is 3. The number of fused-ring (bicyclic) bond motifs is 2. The fourth-order valence-electron chi connectivity index (χ4n) is 6.15. The van der Waals surface area contributed by atoms with Gasteiger partial charge in [0.1, 0.15) is 6.04 Å². The zero-order valence-corrected chi connectivity index (χ0v) is 21.0. The number of amides is 3. The van der Waals surface area contributed by atoms with Crippen LogP contribution < -0.4 is 0 Å². The van der Waals surface area contributed by atoms with Crippen molar-refractivity contribution in [1.29, 1.82) is 0 Å². The number of thioether (sulfide) groups is 1. The molecule has 7 atom stereocenters. The molecule has 4 heterocycles. The average Bonchev–Trinajstić information content (AvgIpc) is 3.12. The fraction of sp³-hybridized carbons (Fsp3) is 0.720. The van der Waals surface area contributed by atoms with Crippen LogP contribution in [0, 0.1) is 11.8 Å². The topological polar surface area (TPSA) is 81.2 Å². The normalized spacial score (nSPS) is 35.3. The van der Waals surface area contributed by atoms with Crippen LogP contribution in [0.25, 0.3) is 0 Å². The van der Waals surface area contributed by atoms with Crippen LogP contribution in [0.2, 0.25) is 0 Å². The zero-order valence-electron chi connectivity index (χ0n) is 20.1. The Labute approximate surface area is 201 Å². The molecule has 4 rings (SSSR count). The SMILES string of the molecule is CCCC(C)N1CC=C[C@]23S[C@@H]4C=CCN(CCC)C(=O)[C@@H]4[C@H]2C(=O)N([C@H](C)CO)C3C1=O. The third-order valence-corrected chi connectivity index (χ3v) is 9.43. The number of carbonyl (C=O) groups is 3. The monoisotopic (exact) mass is 475 g/mol. The highest BCUT2D eigenvalue weighted by Gasteiger charge is 2.71. The standard InChI is InChI=1S/C25H37N3O4S/c1-5-9-16(3)27-14-8-11-25-20(23(31)28(17(4)15-29)21(25)24(27)32)19-18(33-25)10-7-13-26(12-6-2)22(19)30/h7-8,10-11,16-21,29H,5-6,9,12-15H2,1-4H3/t16?,17-,18-,19+,20+,21?,25+/m1/s1. The first-order chi connectivity index (χ1) is 15.8. The third kappa shape index (κ3) is 3.73. The van der Waals surface area contributed by atoms with Crippen molar-refractivity contribution >= 4 is 29.5 Å². The first-order valence-corrected chi connectivity index (χ1v) is 13.2. The molecule has 2 unspecified atom stereocenters. The van der Waals surface area contributed by atoms with Gasteiger partial charge in [0, 0.05) is 30.9 Å². The van der Waals surface area contributed by atoms with E-state index in [1.807, 2.05) is 35.0 Å². The van der Waals surface area contributed by atoms with Crippen molar-refractivity contribution in [2.45, 2.75) is 75.1 Å². The van der Waals surface area contributed by atoms with E-state index in [2.05, 4.69) is 19.9 Å². The number of hydrogen-bond donors (Lipinski definition) is 1. The van der Waals surface area contributed by atoms with Gasteiger partial charge in [-0.15, -0.1) is 11.8 Å². The molecule has 33 heavy (non-hydrogen) atoms. The van der Waals surface area contributed by atoms with Crippen molar-refractivity contribution in [3.8, 4) is 0 Å². The van der Waals surface area contributed by atoms with Crippen molar-refractivity contribution in [3.05, 3.63) is 24.3 Å². The third-order valence-electron chi connectivity index (χ3n) is 7.68. The number of likely N-dealkylation sites (tertiary alicyclic amines) is 1. The van der Waals surface area contributed by atoms with Crippen LogP contribution >= 0.6 is 11.8 Å². The lowest BCUT2D eigenvalue weighted by Crippen LogP contribution is -2.57. The Morgan fingerprint density at radius 1 is 1.06 bits per heavy atom. The van der Waals surface area contributed by atoms with Crippen molar-refractivity contribution in [2.24, 2.45) is 11.8 Å². The molecule has 1 spiro atoms. The van der Waals surface area contributed by atoms with Crippen LogP contribution in [0.5, 0.6) is 0 Å². The van der Waals surface area contributed by atoms with Crippen molar-refractivity contribution in [2.75, 3.05) is 26.2 Å². The van der Waals surface area contributed by atoms with Crippen LogP contribution in [-0.2, 0) is 14.4 Å². The molecule has 0 saturated carbocycles. The highest BCUT2D eigenvalue weighted by Crippen LogP contribution is 2.61. The predicted molar refractivity (Wildman–Crippen MR) is 130 cm³/mol. The minimum absolute atomic E-state index is 0.00753. The zero-order chi connectivity index (χ0) is 23.9. The molecular formula is C25H37N3O4S. The Balaban J connectivity index is 1.81. The van der Waals surface area contributed by atoms with Gasteiger partial charge in [-0.1, -0.05) is 44.6 Å². The smallest absolute Gasteiger partial charge is 0.247 e. The summed E-state index contributed by atoms with van der Waals surface area (Å²) >= 11 is 1.60. The van der Waals surface area contributed by atoms with Gasteiger partial charge < -0.3 is 19.8 Å². The lowest BCUT2D eigenvalue weighted by Gasteiger charge is -2.39. The predicted octanol–water partition coefficient (Wildman–Crippen LogP) is 2.06. The van der Waals surface area contributed by atoms with Crippen molar-refractivity contribution < 1.29 is 19.5 Å². The van der Waals surface area contributed by atoms with Gasteiger partial charge in [0.25, 0.3) is 0 Å². The molecule has 7 nitrogen and oxygen atoms in total. The first-order valence-electron chi connectivity index (χ1n) is 12.4. The molecule has 4 aliphatic rings. The van der Waals surface area contributed by atoms with Crippen LogP contribution in [0.15, 0.2) is 24.3 Å². The van der Waals surface area contributed by atoms with Gasteiger partial charge in [-0.2, -0.15) is 0 Å². The van der Waals surface area contributed by atoms with Gasteiger partial charge in [-0.3, -0.25) is 14.4 Å². The summed E-state index contributed by atoms with van der Waals surface area (Å²) in [6.45, 7) is 9.49. The Bertz CT molecular complexity index is 861. The minimum atomic E-state index is -0.803. The van der Waals surface area contributed by atoms with Gasteiger partial charge in [-0.05, 0) is 26.7 Å². The maximum atomic E-state index is 14.1. The summed E-state index contributed by atoms with van der Waals surface area (Å²) < 4.78 is -0.803.